The molecule has 0 unspecified atom stereocenters. The van der Waals surface area contributed by atoms with E-state index in [1.54, 1.807) is 0 Å². The lowest BCUT2D eigenvalue weighted by molar-refractivity contribution is 0.0341. The number of carbonyl (C=O) groups excluding carboxylic acids is 1. The summed E-state index contributed by atoms with van der Waals surface area (Å²) in [5.74, 6) is -0.159. The Morgan fingerprint density at radius 3 is 2.56 bits per heavy atom. The van der Waals surface area contributed by atoms with Crippen molar-refractivity contribution >= 4 is 22.9 Å². The fraction of sp³-hybridized carbons (Fsp3) is 0.474. The molecule has 1 aliphatic rings. The van der Waals surface area contributed by atoms with Gasteiger partial charge in [0, 0.05) is 24.2 Å². The fourth-order valence-electron chi connectivity index (χ4n) is 2.69. The van der Waals surface area contributed by atoms with Crippen LogP contribution in [0.2, 0.25) is 0 Å². The molecule has 6 heteroatoms. The summed E-state index contributed by atoms with van der Waals surface area (Å²) >= 11 is 1.53. The molecule has 0 radical (unpaired) electrons. The number of aromatic nitrogens is 1. The molecule has 134 valence electrons. The highest BCUT2D eigenvalue weighted by Gasteiger charge is 2.16. The van der Waals surface area contributed by atoms with Crippen LogP contribution < -0.4 is 5.32 Å². The molecule has 2 aromatic rings. The number of benzene rings is 1. The van der Waals surface area contributed by atoms with Gasteiger partial charge < -0.3 is 10.1 Å². The number of rotatable bonds is 4. The number of nitrogens with zero attached hydrogens (tertiary/aromatic N) is 2. The van der Waals surface area contributed by atoms with Crippen LogP contribution in [0.5, 0.6) is 0 Å². The number of morpholine rings is 1. The predicted molar refractivity (Wildman–Crippen MR) is 101 cm³/mol. The van der Waals surface area contributed by atoms with Gasteiger partial charge in [-0.15, -0.1) is 11.3 Å². The van der Waals surface area contributed by atoms with Crippen LogP contribution in [-0.4, -0.2) is 42.1 Å². The summed E-state index contributed by atoms with van der Waals surface area (Å²) < 4.78 is 5.35. The van der Waals surface area contributed by atoms with Crippen LogP contribution in [0.4, 0.5) is 5.69 Å². The average molecular weight is 359 g/mol. The van der Waals surface area contributed by atoms with Crippen LogP contribution in [-0.2, 0) is 16.7 Å². The zero-order valence-corrected chi connectivity index (χ0v) is 15.9. The zero-order valence-electron chi connectivity index (χ0n) is 15.0. The van der Waals surface area contributed by atoms with Gasteiger partial charge in [0.15, 0.2) is 0 Å². The Bertz CT molecular complexity index is 713. The quantitative estimate of drug-likeness (QED) is 0.907. The summed E-state index contributed by atoms with van der Waals surface area (Å²) in [6, 6.07) is 8.00. The number of carbonyl (C=O) groups is 1. The summed E-state index contributed by atoms with van der Waals surface area (Å²) in [6.07, 6.45) is 0. The second kappa shape index (κ2) is 7.64. The van der Waals surface area contributed by atoms with Gasteiger partial charge in [-0.25, -0.2) is 4.98 Å². The number of hydrogen-bond acceptors (Lipinski definition) is 5. The number of thiazole rings is 1. The van der Waals surface area contributed by atoms with E-state index < -0.39 is 0 Å². The van der Waals surface area contributed by atoms with Crippen molar-refractivity contribution in [3.8, 4) is 0 Å². The number of amides is 1. The van der Waals surface area contributed by atoms with E-state index in [4.69, 9.17) is 4.74 Å². The van der Waals surface area contributed by atoms with Crippen molar-refractivity contribution in [1.29, 1.82) is 0 Å². The number of anilines is 1. The molecule has 0 saturated carbocycles. The van der Waals surface area contributed by atoms with Crippen molar-refractivity contribution in [2.45, 2.75) is 32.7 Å². The van der Waals surface area contributed by atoms with Crippen molar-refractivity contribution in [3.05, 3.63) is 45.9 Å². The van der Waals surface area contributed by atoms with E-state index in [1.165, 1.54) is 16.9 Å². The van der Waals surface area contributed by atoms with E-state index >= 15 is 0 Å². The van der Waals surface area contributed by atoms with Gasteiger partial charge in [0.25, 0.3) is 5.91 Å². The summed E-state index contributed by atoms with van der Waals surface area (Å²) in [5.41, 5.74) is 2.62. The highest BCUT2D eigenvalue weighted by atomic mass is 32.1. The summed E-state index contributed by atoms with van der Waals surface area (Å²) in [4.78, 5) is 19.2. The second-order valence-electron chi connectivity index (χ2n) is 7.30. The van der Waals surface area contributed by atoms with Gasteiger partial charge in [-0.05, 0) is 23.1 Å². The lowest BCUT2D eigenvalue weighted by Crippen LogP contribution is -2.35. The molecule has 25 heavy (non-hydrogen) atoms. The normalized spacial score (nSPS) is 16.0. The Morgan fingerprint density at radius 2 is 1.92 bits per heavy atom. The Kier molecular flexibility index (Phi) is 5.51. The Labute approximate surface area is 153 Å². The van der Waals surface area contributed by atoms with Crippen LogP contribution in [0.1, 0.15) is 41.8 Å². The van der Waals surface area contributed by atoms with Crippen molar-refractivity contribution in [2.24, 2.45) is 0 Å². The lowest BCUT2D eigenvalue weighted by atomic mass is 9.87. The average Bonchev–Trinajstić information content (AvgIpc) is 3.04. The highest BCUT2D eigenvalue weighted by Crippen LogP contribution is 2.23. The Balaban J connectivity index is 1.59. The van der Waals surface area contributed by atoms with Crippen LogP contribution in [0, 0.1) is 0 Å². The zero-order chi connectivity index (χ0) is 17.9. The first-order chi connectivity index (χ1) is 11.9. The Morgan fingerprint density at radius 1 is 1.24 bits per heavy atom. The van der Waals surface area contributed by atoms with Crippen molar-refractivity contribution in [1.82, 2.24) is 9.88 Å². The third-order valence-electron chi connectivity index (χ3n) is 4.26. The van der Waals surface area contributed by atoms with E-state index in [-0.39, 0.29) is 11.3 Å². The van der Waals surface area contributed by atoms with Gasteiger partial charge >= 0.3 is 0 Å². The largest absolute Gasteiger partial charge is 0.379 e. The molecule has 1 aromatic carbocycles. The second-order valence-corrected chi connectivity index (χ2v) is 8.24. The standard InChI is InChI=1S/C19H25N3O2S/c1-19(2,3)14-4-6-15(7-5-14)20-18(23)16-13-25-17(21-16)12-22-8-10-24-11-9-22/h4-7,13H,8-12H2,1-3H3,(H,20,23). The summed E-state index contributed by atoms with van der Waals surface area (Å²) in [5, 5.41) is 5.72. The smallest absolute Gasteiger partial charge is 0.275 e. The SMILES string of the molecule is CC(C)(C)c1ccc(NC(=O)c2csc(CN3CCOCC3)n2)cc1. The molecule has 1 saturated heterocycles. The molecular weight excluding hydrogens is 334 g/mol. The van der Waals surface area contributed by atoms with Gasteiger partial charge in [-0.2, -0.15) is 0 Å². The number of nitrogens with one attached hydrogen (secondary N) is 1. The molecule has 5 nitrogen and oxygen atoms in total. The van der Waals surface area contributed by atoms with Crippen LogP contribution in [0.25, 0.3) is 0 Å². The van der Waals surface area contributed by atoms with E-state index in [9.17, 15) is 4.79 Å². The molecule has 3 rings (SSSR count). The molecule has 1 aromatic heterocycles. The minimum Gasteiger partial charge on any atom is -0.379 e. The molecule has 0 aliphatic carbocycles. The molecule has 0 spiro atoms. The van der Waals surface area contributed by atoms with Gasteiger partial charge in [0.05, 0.1) is 19.8 Å². The van der Waals surface area contributed by atoms with E-state index in [1.807, 2.05) is 17.5 Å². The van der Waals surface area contributed by atoms with Crippen LogP contribution >= 0.6 is 11.3 Å². The van der Waals surface area contributed by atoms with Crippen molar-refractivity contribution in [3.63, 3.8) is 0 Å². The van der Waals surface area contributed by atoms with Gasteiger partial charge in [-0.1, -0.05) is 32.9 Å². The van der Waals surface area contributed by atoms with Gasteiger partial charge in [-0.3, -0.25) is 9.69 Å². The maximum atomic E-state index is 12.4. The van der Waals surface area contributed by atoms with Crippen molar-refractivity contribution in [2.75, 3.05) is 31.6 Å². The van der Waals surface area contributed by atoms with Crippen molar-refractivity contribution < 1.29 is 9.53 Å². The minimum absolute atomic E-state index is 0.103. The Hall–Kier alpha value is -1.76. The summed E-state index contributed by atoms with van der Waals surface area (Å²) in [6.45, 7) is 10.7. The maximum Gasteiger partial charge on any atom is 0.275 e. The molecule has 0 bridgehead atoms. The third-order valence-corrected chi connectivity index (χ3v) is 5.09. The monoisotopic (exact) mass is 359 g/mol. The number of hydrogen-bond donors (Lipinski definition) is 1. The molecule has 1 aliphatic heterocycles. The molecule has 1 N–H and O–H groups in total. The van der Waals surface area contributed by atoms with Crippen LogP contribution in [0.15, 0.2) is 29.6 Å². The van der Waals surface area contributed by atoms with E-state index in [0.29, 0.717) is 5.69 Å². The lowest BCUT2D eigenvalue weighted by Gasteiger charge is -2.25. The first kappa shape index (κ1) is 18.0. The molecule has 1 fully saturated rings. The summed E-state index contributed by atoms with van der Waals surface area (Å²) in [7, 11) is 0. The molecule has 2 heterocycles. The van der Waals surface area contributed by atoms with E-state index in [0.717, 1.165) is 43.5 Å². The molecule has 1 amide bonds. The molecular formula is C19H25N3O2S. The maximum absolute atomic E-state index is 12.4. The topological polar surface area (TPSA) is 54.5 Å². The first-order valence-corrected chi connectivity index (χ1v) is 9.46. The van der Waals surface area contributed by atoms with E-state index in [2.05, 4.69) is 48.1 Å². The van der Waals surface area contributed by atoms with Crippen LogP contribution in [0.3, 0.4) is 0 Å². The minimum atomic E-state index is -0.159. The van der Waals surface area contributed by atoms with Gasteiger partial charge in [0.2, 0.25) is 0 Å². The third kappa shape index (κ3) is 4.87. The number of ether oxygens (including phenoxy) is 1. The first-order valence-electron chi connectivity index (χ1n) is 8.58. The highest BCUT2D eigenvalue weighted by molar-refractivity contribution is 7.09. The van der Waals surface area contributed by atoms with Gasteiger partial charge in [0.1, 0.15) is 10.7 Å². The fourth-order valence-corrected chi connectivity index (χ4v) is 3.50. The molecule has 0 atom stereocenters. The predicted octanol–water partition coefficient (Wildman–Crippen LogP) is 3.53.